The van der Waals surface area contributed by atoms with Gasteiger partial charge in [-0.15, -0.1) is 10.2 Å². The van der Waals surface area contributed by atoms with Gasteiger partial charge in [0.1, 0.15) is 5.75 Å². The minimum Gasteiger partial charge on any atom is -0.484 e. The van der Waals surface area contributed by atoms with Crippen molar-refractivity contribution in [1.82, 2.24) is 15.5 Å². The molecule has 1 aromatic carbocycles. The van der Waals surface area contributed by atoms with Crippen molar-refractivity contribution in [3.63, 3.8) is 0 Å². The Morgan fingerprint density at radius 3 is 2.85 bits per heavy atom. The first kappa shape index (κ1) is 17.7. The number of benzene rings is 1. The number of fused-ring (bicyclic) bond motifs is 2. The fourth-order valence-electron chi connectivity index (χ4n) is 3.83. The minimum atomic E-state index is 0.0321. The van der Waals surface area contributed by atoms with E-state index in [1.165, 1.54) is 31.0 Å². The largest absolute Gasteiger partial charge is 0.484 e. The number of amides is 1. The van der Waals surface area contributed by atoms with Gasteiger partial charge in [0.05, 0.1) is 5.75 Å². The van der Waals surface area contributed by atoms with Gasteiger partial charge in [-0.3, -0.25) is 4.79 Å². The molecule has 0 saturated heterocycles. The first-order valence-corrected chi connectivity index (χ1v) is 10.1. The van der Waals surface area contributed by atoms with Crippen molar-refractivity contribution < 1.29 is 13.9 Å². The lowest BCUT2D eigenvalue weighted by molar-refractivity contribution is -0.119. The number of thioether (sulfide) groups is 1. The van der Waals surface area contributed by atoms with Crippen molar-refractivity contribution in [1.29, 1.82) is 0 Å². The number of hydrogen-bond acceptors (Lipinski definition) is 6. The summed E-state index contributed by atoms with van der Waals surface area (Å²) in [6.45, 7) is 0.173. The highest BCUT2D eigenvalue weighted by Gasteiger charge is 2.40. The summed E-state index contributed by atoms with van der Waals surface area (Å²) >= 11 is 7.08. The van der Waals surface area contributed by atoms with Gasteiger partial charge in [0.2, 0.25) is 5.91 Å². The standard InChI is InChI=1S/C18H20ClN3O3S/c19-13-3-5-14(6-4-13)24-9-17-21-22-18(25-17)26-10-16(23)20-15-8-11-1-2-12(15)7-11/h3-6,11-12,15H,1-2,7-10H2,(H,20,23)/t11-,12-,15+/m1/s1. The molecular formula is C18H20ClN3O3S. The Hall–Kier alpha value is -1.73. The average Bonchev–Trinajstić information content (AvgIpc) is 3.36. The number of aromatic nitrogens is 2. The second-order valence-electron chi connectivity index (χ2n) is 6.84. The molecule has 2 aliphatic rings. The number of hydrogen-bond donors (Lipinski definition) is 1. The van der Waals surface area contributed by atoms with E-state index in [2.05, 4.69) is 15.5 Å². The molecule has 0 radical (unpaired) electrons. The molecule has 1 heterocycles. The summed E-state index contributed by atoms with van der Waals surface area (Å²) in [6.07, 6.45) is 4.99. The van der Waals surface area contributed by atoms with Gasteiger partial charge in [-0.2, -0.15) is 0 Å². The van der Waals surface area contributed by atoms with Crippen LogP contribution in [0.2, 0.25) is 5.02 Å². The van der Waals surface area contributed by atoms with Crippen LogP contribution in [-0.4, -0.2) is 27.9 Å². The summed E-state index contributed by atoms with van der Waals surface area (Å²) in [6, 6.07) is 7.40. The minimum absolute atomic E-state index is 0.0321. The SMILES string of the molecule is O=C(CSc1nnc(COc2ccc(Cl)cc2)o1)N[C@H]1C[C@@H]2CC[C@@H]1C2. The maximum atomic E-state index is 12.1. The van der Waals surface area contributed by atoms with E-state index in [1.54, 1.807) is 24.3 Å². The van der Waals surface area contributed by atoms with E-state index >= 15 is 0 Å². The molecule has 1 aromatic heterocycles. The van der Waals surface area contributed by atoms with Crippen molar-refractivity contribution >= 4 is 29.3 Å². The number of carbonyl (C=O) groups excluding carboxylic acids is 1. The topological polar surface area (TPSA) is 77.2 Å². The van der Waals surface area contributed by atoms with Gasteiger partial charge in [-0.1, -0.05) is 29.8 Å². The summed E-state index contributed by atoms with van der Waals surface area (Å²) in [7, 11) is 0. The fraction of sp³-hybridized carbons (Fsp3) is 0.500. The maximum absolute atomic E-state index is 12.1. The van der Waals surface area contributed by atoms with Crippen LogP contribution < -0.4 is 10.1 Å². The average molecular weight is 394 g/mol. The molecule has 4 rings (SSSR count). The fourth-order valence-corrected chi connectivity index (χ4v) is 4.55. The number of halogens is 1. The van der Waals surface area contributed by atoms with Crippen LogP contribution in [0.1, 0.15) is 31.6 Å². The van der Waals surface area contributed by atoms with Crippen molar-refractivity contribution in [2.75, 3.05) is 5.75 Å². The van der Waals surface area contributed by atoms with Gasteiger partial charge >= 0.3 is 0 Å². The smallest absolute Gasteiger partial charge is 0.277 e. The lowest BCUT2D eigenvalue weighted by Crippen LogP contribution is -2.39. The van der Waals surface area contributed by atoms with Crippen molar-refractivity contribution in [3.05, 3.63) is 35.2 Å². The second-order valence-corrected chi connectivity index (χ2v) is 8.20. The van der Waals surface area contributed by atoms with Crippen LogP contribution in [0.4, 0.5) is 0 Å². The Kier molecular flexibility index (Phi) is 5.36. The summed E-state index contributed by atoms with van der Waals surface area (Å²) in [4.78, 5) is 12.1. The first-order chi connectivity index (χ1) is 12.7. The third-order valence-corrected chi connectivity index (χ3v) is 6.11. The molecule has 1 N–H and O–H groups in total. The number of nitrogens with zero attached hydrogens (tertiary/aromatic N) is 2. The monoisotopic (exact) mass is 393 g/mol. The van der Waals surface area contributed by atoms with Crippen molar-refractivity contribution in [3.8, 4) is 5.75 Å². The molecule has 0 unspecified atom stereocenters. The molecule has 0 spiro atoms. The predicted molar refractivity (Wildman–Crippen MR) is 98.2 cm³/mol. The van der Waals surface area contributed by atoms with Gasteiger partial charge in [-0.05, 0) is 55.4 Å². The molecule has 3 atom stereocenters. The Morgan fingerprint density at radius 2 is 2.12 bits per heavy atom. The van der Waals surface area contributed by atoms with E-state index < -0.39 is 0 Å². The Morgan fingerprint density at radius 1 is 1.27 bits per heavy atom. The van der Waals surface area contributed by atoms with Crippen LogP contribution in [0.25, 0.3) is 0 Å². The molecular weight excluding hydrogens is 374 g/mol. The predicted octanol–water partition coefficient (Wildman–Crippen LogP) is 3.70. The number of carbonyl (C=O) groups is 1. The summed E-state index contributed by atoms with van der Waals surface area (Å²) in [5.41, 5.74) is 0. The van der Waals surface area contributed by atoms with Crippen LogP contribution in [-0.2, 0) is 11.4 Å². The highest BCUT2D eigenvalue weighted by atomic mass is 35.5. The molecule has 1 amide bonds. The zero-order valence-electron chi connectivity index (χ0n) is 14.2. The highest BCUT2D eigenvalue weighted by molar-refractivity contribution is 7.99. The molecule has 2 aromatic rings. The van der Waals surface area contributed by atoms with Gasteiger partial charge < -0.3 is 14.5 Å². The van der Waals surface area contributed by atoms with Gasteiger partial charge in [0.15, 0.2) is 6.61 Å². The zero-order valence-corrected chi connectivity index (χ0v) is 15.8. The molecule has 8 heteroatoms. The van der Waals surface area contributed by atoms with E-state index in [-0.39, 0.29) is 18.3 Å². The lowest BCUT2D eigenvalue weighted by Gasteiger charge is -2.22. The lowest BCUT2D eigenvalue weighted by atomic mass is 9.95. The van der Waals surface area contributed by atoms with Gasteiger partial charge in [0, 0.05) is 11.1 Å². The molecule has 2 bridgehead atoms. The van der Waals surface area contributed by atoms with E-state index in [9.17, 15) is 4.79 Å². The third kappa shape index (κ3) is 4.32. The molecule has 2 saturated carbocycles. The van der Waals surface area contributed by atoms with Crippen LogP contribution in [0.15, 0.2) is 33.9 Å². The van der Waals surface area contributed by atoms with Crippen molar-refractivity contribution in [2.45, 2.75) is 43.6 Å². The first-order valence-electron chi connectivity index (χ1n) is 8.78. The maximum Gasteiger partial charge on any atom is 0.277 e. The molecule has 138 valence electrons. The molecule has 6 nitrogen and oxygen atoms in total. The van der Waals surface area contributed by atoms with E-state index in [0.29, 0.717) is 33.8 Å². The summed E-state index contributed by atoms with van der Waals surface area (Å²) in [5, 5.41) is 12.1. The zero-order chi connectivity index (χ0) is 17.9. The molecule has 0 aliphatic heterocycles. The van der Waals surface area contributed by atoms with E-state index in [4.69, 9.17) is 20.8 Å². The van der Waals surface area contributed by atoms with Crippen LogP contribution >= 0.6 is 23.4 Å². The molecule has 2 fully saturated rings. The normalized spacial score (nSPS) is 24.0. The number of rotatable bonds is 7. The van der Waals surface area contributed by atoms with E-state index in [0.717, 1.165) is 12.3 Å². The Balaban J connectivity index is 1.20. The van der Waals surface area contributed by atoms with Crippen LogP contribution in [0.5, 0.6) is 5.75 Å². The second kappa shape index (κ2) is 7.88. The Bertz CT molecular complexity index is 767. The molecule has 26 heavy (non-hydrogen) atoms. The number of ether oxygens (including phenoxy) is 1. The Labute approximate surface area is 161 Å². The van der Waals surface area contributed by atoms with Crippen molar-refractivity contribution in [2.24, 2.45) is 11.8 Å². The summed E-state index contributed by atoms with van der Waals surface area (Å²) < 4.78 is 11.1. The highest BCUT2D eigenvalue weighted by Crippen LogP contribution is 2.44. The molecule has 2 aliphatic carbocycles. The summed E-state index contributed by atoms with van der Waals surface area (Å²) in [5.74, 6) is 2.85. The van der Waals surface area contributed by atoms with Crippen LogP contribution in [0, 0.1) is 11.8 Å². The quantitative estimate of drug-likeness (QED) is 0.723. The third-order valence-electron chi connectivity index (χ3n) is 5.04. The van der Waals surface area contributed by atoms with E-state index in [1.807, 2.05) is 0 Å². The van der Waals surface area contributed by atoms with Gasteiger partial charge in [-0.25, -0.2) is 0 Å². The van der Waals surface area contributed by atoms with Gasteiger partial charge in [0.25, 0.3) is 11.1 Å². The van der Waals surface area contributed by atoms with Crippen LogP contribution in [0.3, 0.4) is 0 Å². The number of nitrogens with one attached hydrogen (secondary N) is 1.